The molecule has 0 saturated carbocycles. The predicted octanol–water partition coefficient (Wildman–Crippen LogP) is 2.57. The molecular formula is C14H22N2O2. The van der Waals surface area contributed by atoms with Crippen LogP contribution in [0, 0.1) is 0 Å². The molecule has 18 heavy (non-hydrogen) atoms. The van der Waals surface area contributed by atoms with Crippen molar-refractivity contribution in [1.29, 1.82) is 0 Å². The highest BCUT2D eigenvalue weighted by Crippen LogP contribution is 2.19. The molecule has 2 N–H and O–H groups in total. The van der Waals surface area contributed by atoms with E-state index in [-0.39, 0.29) is 5.78 Å². The maximum atomic E-state index is 12.3. The van der Waals surface area contributed by atoms with Crippen LogP contribution in [0.5, 0.6) is 5.75 Å². The normalized spacial score (nSPS) is 14.0. The van der Waals surface area contributed by atoms with Crippen molar-refractivity contribution in [2.75, 3.05) is 6.61 Å². The summed E-state index contributed by atoms with van der Waals surface area (Å²) in [4.78, 5) is 16.3. The maximum Gasteiger partial charge on any atom is 0.184 e. The summed E-state index contributed by atoms with van der Waals surface area (Å²) in [5.74, 6) is 0.536. The molecule has 100 valence electrons. The van der Waals surface area contributed by atoms with Gasteiger partial charge in [-0.3, -0.25) is 9.78 Å². The molecule has 0 aliphatic carbocycles. The molecule has 0 radical (unpaired) electrons. The van der Waals surface area contributed by atoms with Crippen molar-refractivity contribution in [1.82, 2.24) is 4.98 Å². The van der Waals surface area contributed by atoms with Crippen molar-refractivity contribution in [2.45, 2.75) is 45.6 Å². The van der Waals surface area contributed by atoms with Crippen molar-refractivity contribution in [3.63, 3.8) is 0 Å². The molecule has 0 fully saturated rings. The summed E-state index contributed by atoms with van der Waals surface area (Å²) in [5, 5.41) is 0. The van der Waals surface area contributed by atoms with Crippen molar-refractivity contribution >= 4 is 5.78 Å². The number of Topliss-reactive ketones (excluding diaryl/α,β-unsaturated/α-hetero) is 1. The zero-order valence-corrected chi connectivity index (χ0v) is 11.4. The van der Waals surface area contributed by atoms with Crippen LogP contribution in [-0.4, -0.2) is 22.9 Å². The predicted molar refractivity (Wildman–Crippen MR) is 71.9 cm³/mol. The second-order valence-electron chi connectivity index (χ2n) is 4.75. The molecular weight excluding hydrogens is 228 g/mol. The molecule has 0 aromatic carbocycles. The second-order valence-corrected chi connectivity index (χ2v) is 4.75. The highest BCUT2D eigenvalue weighted by atomic mass is 16.5. The number of pyridine rings is 1. The van der Waals surface area contributed by atoms with Gasteiger partial charge in [0.25, 0.3) is 0 Å². The largest absolute Gasteiger partial charge is 0.492 e. The van der Waals surface area contributed by atoms with E-state index in [0.29, 0.717) is 24.3 Å². The van der Waals surface area contributed by atoms with Crippen LogP contribution in [-0.2, 0) is 0 Å². The van der Waals surface area contributed by atoms with Crippen molar-refractivity contribution in [3.8, 4) is 5.75 Å². The first-order chi connectivity index (χ1) is 8.51. The zero-order chi connectivity index (χ0) is 13.6. The smallest absolute Gasteiger partial charge is 0.184 e. The number of aromatic nitrogens is 1. The molecule has 0 amide bonds. The van der Waals surface area contributed by atoms with Gasteiger partial charge >= 0.3 is 0 Å². The SMILES string of the molecule is CCCOc1cncc(C(=O)C(C)(N)CCC)c1. The molecule has 4 heteroatoms. The number of carbonyl (C=O) groups is 1. The fraction of sp³-hybridized carbons (Fsp3) is 0.571. The quantitative estimate of drug-likeness (QED) is 0.755. The van der Waals surface area contributed by atoms with Crippen LogP contribution in [0.25, 0.3) is 0 Å². The van der Waals surface area contributed by atoms with Crippen LogP contribution in [0.4, 0.5) is 0 Å². The Balaban J connectivity index is 2.85. The summed E-state index contributed by atoms with van der Waals surface area (Å²) < 4.78 is 5.46. The van der Waals surface area contributed by atoms with E-state index in [0.717, 1.165) is 12.8 Å². The lowest BCUT2D eigenvalue weighted by atomic mass is 9.89. The molecule has 0 aliphatic rings. The van der Waals surface area contributed by atoms with Crippen LogP contribution in [0.2, 0.25) is 0 Å². The van der Waals surface area contributed by atoms with Gasteiger partial charge in [0.05, 0.1) is 18.3 Å². The Labute approximate surface area is 109 Å². The molecule has 1 aromatic heterocycles. The molecule has 1 atom stereocenters. The van der Waals surface area contributed by atoms with E-state index in [2.05, 4.69) is 4.98 Å². The van der Waals surface area contributed by atoms with Gasteiger partial charge in [0, 0.05) is 11.8 Å². The van der Waals surface area contributed by atoms with Gasteiger partial charge in [0.1, 0.15) is 5.75 Å². The van der Waals surface area contributed by atoms with E-state index in [1.165, 1.54) is 0 Å². The van der Waals surface area contributed by atoms with E-state index < -0.39 is 5.54 Å². The molecule has 0 aliphatic heterocycles. The average Bonchev–Trinajstić information content (AvgIpc) is 2.35. The number of ketones is 1. The van der Waals surface area contributed by atoms with Crippen molar-refractivity contribution in [3.05, 3.63) is 24.0 Å². The van der Waals surface area contributed by atoms with Crippen LogP contribution in [0.3, 0.4) is 0 Å². The summed E-state index contributed by atoms with van der Waals surface area (Å²) in [6.45, 7) is 6.42. The number of hydrogen-bond donors (Lipinski definition) is 1. The lowest BCUT2D eigenvalue weighted by Gasteiger charge is -2.22. The van der Waals surface area contributed by atoms with Gasteiger partial charge < -0.3 is 10.5 Å². The fourth-order valence-electron chi connectivity index (χ4n) is 1.80. The van der Waals surface area contributed by atoms with Gasteiger partial charge in [0.2, 0.25) is 0 Å². The van der Waals surface area contributed by atoms with E-state index in [4.69, 9.17) is 10.5 Å². The number of carbonyl (C=O) groups excluding carboxylic acids is 1. The third-order valence-electron chi connectivity index (χ3n) is 2.74. The third-order valence-corrected chi connectivity index (χ3v) is 2.74. The monoisotopic (exact) mass is 250 g/mol. The summed E-state index contributed by atoms with van der Waals surface area (Å²) in [6, 6.07) is 1.71. The van der Waals surface area contributed by atoms with Crippen LogP contribution in [0.1, 0.15) is 50.4 Å². The summed E-state index contributed by atoms with van der Waals surface area (Å²) in [6.07, 6.45) is 5.61. The minimum atomic E-state index is -0.834. The molecule has 1 rings (SSSR count). The molecule has 0 bridgehead atoms. The Morgan fingerprint density at radius 3 is 2.72 bits per heavy atom. The minimum absolute atomic E-state index is 0.0844. The van der Waals surface area contributed by atoms with Gasteiger partial charge in [-0.15, -0.1) is 0 Å². The lowest BCUT2D eigenvalue weighted by Crippen LogP contribution is -2.44. The number of ether oxygens (including phenoxy) is 1. The summed E-state index contributed by atoms with van der Waals surface area (Å²) >= 11 is 0. The van der Waals surface area contributed by atoms with Crippen LogP contribution >= 0.6 is 0 Å². The van der Waals surface area contributed by atoms with Gasteiger partial charge in [0.15, 0.2) is 5.78 Å². The minimum Gasteiger partial charge on any atom is -0.492 e. The average molecular weight is 250 g/mol. The van der Waals surface area contributed by atoms with Crippen LogP contribution in [0.15, 0.2) is 18.5 Å². The van der Waals surface area contributed by atoms with E-state index >= 15 is 0 Å². The van der Waals surface area contributed by atoms with Crippen molar-refractivity contribution in [2.24, 2.45) is 5.73 Å². The molecule has 0 spiro atoms. The Bertz CT molecular complexity index is 403. The Morgan fingerprint density at radius 1 is 1.39 bits per heavy atom. The molecule has 1 aromatic rings. The zero-order valence-electron chi connectivity index (χ0n) is 11.4. The molecule has 0 saturated heterocycles. The van der Waals surface area contributed by atoms with Gasteiger partial charge in [-0.1, -0.05) is 20.3 Å². The molecule has 1 unspecified atom stereocenters. The lowest BCUT2D eigenvalue weighted by molar-refractivity contribution is 0.0892. The molecule has 1 heterocycles. The van der Waals surface area contributed by atoms with Crippen LogP contribution < -0.4 is 10.5 Å². The first-order valence-electron chi connectivity index (χ1n) is 6.42. The molecule has 4 nitrogen and oxygen atoms in total. The van der Waals surface area contributed by atoms with Gasteiger partial charge in [-0.2, -0.15) is 0 Å². The Hall–Kier alpha value is -1.42. The number of nitrogens with zero attached hydrogens (tertiary/aromatic N) is 1. The van der Waals surface area contributed by atoms with E-state index in [1.54, 1.807) is 25.4 Å². The summed E-state index contributed by atoms with van der Waals surface area (Å²) in [5.41, 5.74) is 5.72. The van der Waals surface area contributed by atoms with Gasteiger partial charge in [-0.25, -0.2) is 0 Å². The second kappa shape index (κ2) is 6.50. The van der Waals surface area contributed by atoms with E-state index in [9.17, 15) is 4.79 Å². The number of rotatable bonds is 7. The first-order valence-corrected chi connectivity index (χ1v) is 6.42. The Morgan fingerprint density at radius 2 is 2.11 bits per heavy atom. The number of nitrogens with two attached hydrogens (primary N) is 1. The standard InChI is InChI=1S/C14H22N2O2/c1-4-6-14(3,15)13(17)11-8-12(10-16-9-11)18-7-5-2/h8-10H,4-7,15H2,1-3H3. The third kappa shape index (κ3) is 3.81. The van der Waals surface area contributed by atoms with E-state index in [1.807, 2.05) is 13.8 Å². The highest BCUT2D eigenvalue weighted by Gasteiger charge is 2.28. The van der Waals surface area contributed by atoms with Gasteiger partial charge in [-0.05, 0) is 25.8 Å². The van der Waals surface area contributed by atoms with Crippen molar-refractivity contribution < 1.29 is 9.53 Å². The summed E-state index contributed by atoms with van der Waals surface area (Å²) in [7, 11) is 0. The highest BCUT2D eigenvalue weighted by molar-refractivity contribution is 6.02. The first kappa shape index (κ1) is 14.6. The topological polar surface area (TPSA) is 65.2 Å². The number of hydrogen-bond acceptors (Lipinski definition) is 4. The Kier molecular flexibility index (Phi) is 5.28. The fourth-order valence-corrected chi connectivity index (χ4v) is 1.80. The maximum absolute atomic E-state index is 12.3.